The summed E-state index contributed by atoms with van der Waals surface area (Å²) in [5.41, 5.74) is 0.538. The molecule has 1 heterocycles. The molecule has 102 valence electrons. The molecule has 1 aromatic carbocycles. The van der Waals surface area contributed by atoms with E-state index in [0.29, 0.717) is 10.7 Å². The summed E-state index contributed by atoms with van der Waals surface area (Å²) in [6.45, 7) is 4.04. The predicted octanol–water partition coefficient (Wildman–Crippen LogP) is 2.36. The Morgan fingerprint density at radius 1 is 1.47 bits per heavy atom. The summed E-state index contributed by atoms with van der Waals surface area (Å²) in [5, 5.41) is 3.69. The molecule has 5 heteroatoms. The van der Waals surface area contributed by atoms with E-state index in [0.717, 1.165) is 6.42 Å². The van der Waals surface area contributed by atoms with Crippen LogP contribution in [0, 0.1) is 0 Å². The summed E-state index contributed by atoms with van der Waals surface area (Å²) < 4.78 is 0. The molecule has 4 nitrogen and oxygen atoms in total. The number of hydrogen-bond acceptors (Lipinski definition) is 3. The smallest absolute Gasteiger partial charge is 0.251 e. The second kappa shape index (κ2) is 5.72. The maximum absolute atomic E-state index is 12.3. The molecule has 0 saturated carbocycles. The topological polar surface area (TPSA) is 49.4 Å². The highest BCUT2D eigenvalue weighted by atomic mass is 35.5. The van der Waals surface area contributed by atoms with Gasteiger partial charge in [-0.2, -0.15) is 0 Å². The van der Waals surface area contributed by atoms with E-state index in [2.05, 4.69) is 5.32 Å². The molecule has 2 unspecified atom stereocenters. The van der Waals surface area contributed by atoms with Crippen molar-refractivity contribution in [2.75, 3.05) is 4.90 Å². The minimum absolute atomic E-state index is 0.187. The van der Waals surface area contributed by atoms with Gasteiger partial charge in [0, 0.05) is 11.1 Å². The molecular weight excluding hydrogens is 264 g/mol. The van der Waals surface area contributed by atoms with Crippen LogP contribution in [0.1, 0.15) is 26.7 Å². The van der Waals surface area contributed by atoms with E-state index >= 15 is 0 Å². The van der Waals surface area contributed by atoms with Gasteiger partial charge in [0.25, 0.3) is 5.91 Å². The molecule has 1 N–H and O–H groups in total. The molecule has 0 spiro atoms. The number of nitrogens with one attached hydrogen (secondary N) is 1. The quantitative estimate of drug-likeness (QED) is 0.862. The van der Waals surface area contributed by atoms with E-state index in [1.807, 2.05) is 13.8 Å². The van der Waals surface area contributed by atoms with Gasteiger partial charge in [0.2, 0.25) is 5.91 Å². The summed E-state index contributed by atoms with van der Waals surface area (Å²) in [6.07, 6.45) is 1.12. The lowest BCUT2D eigenvalue weighted by atomic mass is 10.2. The van der Waals surface area contributed by atoms with Crippen molar-refractivity contribution in [3.05, 3.63) is 29.3 Å². The lowest BCUT2D eigenvalue weighted by Gasteiger charge is -2.18. The highest BCUT2D eigenvalue weighted by Crippen LogP contribution is 2.25. The molecule has 0 radical (unpaired) electrons. The van der Waals surface area contributed by atoms with Gasteiger partial charge in [-0.3, -0.25) is 9.59 Å². The van der Waals surface area contributed by atoms with Crippen LogP contribution in [0.15, 0.2) is 24.3 Å². The molecule has 2 atom stereocenters. The molecule has 0 aromatic heterocycles. The van der Waals surface area contributed by atoms with Crippen molar-refractivity contribution in [3.63, 3.8) is 0 Å². The third-order valence-electron chi connectivity index (χ3n) is 3.31. The molecule has 1 aliphatic heterocycles. The standard InChI is InChI=1S/C14H17ClN2O2/c1-3-9(2)16-12-8-13(18)17(14(12)19)11-6-4-5-10(15)7-11/h4-7,9,12,16H,3,8H2,1-2H3. The van der Waals surface area contributed by atoms with E-state index < -0.39 is 6.04 Å². The van der Waals surface area contributed by atoms with Gasteiger partial charge in [0.1, 0.15) is 0 Å². The van der Waals surface area contributed by atoms with E-state index in [4.69, 9.17) is 11.6 Å². The van der Waals surface area contributed by atoms with Crippen LogP contribution in [-0.2, 0) is 9.59 Å². The second-order valence-corrected chi connectivity index (χ2v) is 5.22. The normalized spacial score (nSPS) is 21.0. The van der Waals surface area contributed by atoms with Gasteiger partial charge in [0.05, 0.1) is 18.2 Å². The van der Waals surface area contributed by atoms with Gasteiger partial charge in [-0.1, -0.05) is 24.6 Å². The summed E-state index contributed by atoms with van der Waals surface area (Å²) in [5.74, 6) is -0.388. The minimum Gasteiger partial charge on any atom is -0.303 e. The Labute approximate surface area is 117 Å². The molecule has 0 bridgehead atoms. The molecule has 2 amide bonds. The fourth-order valence-corrected chi connectivity index (χ4v) is 2.29. The van der Waals surface area contributed by atoms with E-state index in [1.54, 1.807) is 24.3 Å². The number of nitrogens with zero attached hydrogens (tertiary/aromatic N) is 1. The molecule has 1 fully saturated rings. The van der Waals surface area contributed by atoms with Crippen LogP contribution in [-0.4, -0.2) is 23.9 Å². The third-order valence-corrected chi connectivity index (χ3v) is 3.55. The van der Waals surface area contributed by atoms with Crippen molar-refractivity contribution in [3.8, 4) is 0 Å². The number of benzene rings is 1. The van der Waals surface area contributed by atoms with Crippen molar-refractivity contribution in [2.24, 2.45) is 0 Å². The Morgan fingerprint density at radius 2 is 2.21 bits per heavy atom. The summed E-state index contributed by atoms with van der Waals surface area (Å²) in [6, 6.07) is 6.57. The van der Waals surface area contributed by atoms with Crippen molar-refractivity contribution >= 4 is 29.1 Å². The Hall–Kier alpha value is -1.39. The first-order chi connectivity index (χ1) is 9.02. The zero-order valence-electron chi connectivity index (χ0n) is 11.0. The number of hydrogen-bond donors (Lipinski definition) is 1. The maximum atomic E-state index is 12.3. The summed E-state index contributed by atoms with van der Waals surface area (Å²) >= 11 is 5.90. The van der Waals surface area contributed by atoms with Gasteiger partial charge >= 0.3 is 0 Å². The van der Waals surface area contributed by atoms with Crippen LogP contribution in [0.3, 0.4) is 0 Å². The Bertz CT molecular complexity index is 504. The van der Waals surface area contributed by atoms with Crippen LogP contribution in [0.2, 0.25) is 5.02 Å². The SMILES string of the molecule is CCC(C)NC1CC(=O)N(c2cccc(Cl)c2)C1=O. The van der Waals surface area contributed by atoms with Gasteiger partial charge in [-0.25, -0.2) is 4.90 Å². The Morgan fingerprint density at radius 3 is 2.84 bits per heavy atom. The number of anilines is 1. The van der Waals surface area contributed by atoms with Crippen LogP contribution >= 0.6 is 11.6 Å². The first kappa shape index (κ1) is 14.0. The molecule has 1 aliphatic rings. The predicted molar refractivity (Wildman–Crippen MR) is 75.2 cm³/mol. The van der Waals surface area contributed by atoms with Crippen LogP contribution in [0.4, 0.5) is 5.69 Å². The zero-order valence-corrected chi connectivity index (χ0v) is 11.8. The van der Waals surface area contributed by atoms with Gasteiger partial charge in [0.15, 0.2) is 0 Å². The molecular formula is C14H17ClN2O2. The summed E-state index contributed by atoms with van der Waals surface area (Å²) in [7, 11) is 0. The van der Waals surface area contributed by atoms with Gasteiger partial charge < -0.3 is 5.32 Å². The number of carbonyl (C=O) groups is 2. The summed E-state index contributed by atoms with van der Waals surface area (Å²) in [4.78, 5) is 25.5. The highest BCUT2D eigenvalue weighted by molar-refractivity contribution is 6.31. The average Bonchev–Trinajstić information content (AvgIpc) is 2.64. The van der Waals surface area contributed by atoms with E-state index in [9.17, 15) is 9.59 Å². The van der Waals surface area contributed by atoms with E-state index in [1.165, 1.54) is 4.90 Å². The zero-order chi connectivity index (χ0) is 14.0. The molecule has 19 heavy (non-hydrogen) atoms. The van der Waals surface area contributed by atoms with Gasteiger partial charge in [-0.05, 0) is 31.5 Å². The number of halogens is 1. The third kappa shape index (κ3) is 2.96. The van der Waals surface area contributed by atoms with Crippen molar-refractivity contribution < 1.29 is 9.59 Å². The Balaban J connectivity index is 2.19. The highest BCUT2D eigenvalue weighted by Gasteiger charge is 2.39. The molecule has 1 aromatic rings. The van der Waals surface area contributed by atoms with Crippen LogP contribution < -0.4 is 10.2 Å². The van der Waals surface area contributed by atoms with Crippen molar-refractivity contribution in [2.45, 2.75) is 38.8 Å². The lowest BCUT2D eigenvalue weighted by Crippen LogP contribution is -2.42. The second-order valence-electron chi connectivity index (χ2n) is 4.78. The first-order valence-corrected chi connectivity index (χ1v) is 6.79. The number of amides is 2. The number of rotatable bonds is 4. The molecule has 2 rings (SSSR count). The number of carbonyl (C=O) groups excluding carboxylic acids is 2. The number of imide groups is 1. The van der Waals surface area contributed by atoms with Crippen molar-refractivity contribution in [1.29, 1.82) is 0 Å². The largest absolute Gasteiger partial charge is 0.303 e. The first-order valence-electron chi connectivity index (χ1n) is 6.41. The monoisotopic (exact) mass is 280 g/mol. The maximum Gasteiger partial charge on any atom is 0.251 e. The van der Waals surface area contributed by atoms with E-state index in [-0.39, 0.29) is 24.3 Å². The molecule has 0 aliphatic carbocycles. The fourth-order valence-electron chi connectivity index (χ4n) is 2.11. The van der Waals surface area contributed by atoms with Crippen LogP contribution in [0.25, 0.3) is 0 Å². The minimum atomic E-state index is -0.429. The van der Waals surface area contributed by atoms with Crippen LogP contribution in [0.5, 0.6) is 0 Å². The Kier molecular flexibility index (Phi) is 4.22. The lowest BCUT2D eigenvalue weighted by molar-refractivity contribution is -0.121. The molecule has 1 saturated heterocycles. The average molecular weight is 281 g/mol. The van der Waals surface area contributed by atoms with Crippen molar-refractivity contribution in [1.82, 2.24) is 5.32 Å². The fraction of sp³-hybridized carbons (Fsp3) is 0.429. The van der Waals surface area contributed by atoms with Gasteiger partial charge in [-0.15, -0.1) is 0 Å².